The molecule has 0 aliphatic carbocycles. The zero-order valence-corrected chi connectivity index (χ0v) is 19.6. The summed E-state index contributed by atoms with van der Waals surface area (Å²) in [4.78, 5) is 16.7. The standard InChI is InChI=1S/C23H35N3O3S/c1-22(2,3)17-28-21(27)25-9-7-23(8-10-25)16-18-15-19(5-6-20(18)29-23)24-11-13-26(30-4)14-12-24/h5-6,15H,7-14,16-17H2,1-4H3. The van der Waals surface area contributed by atoms with Gasteiger partial charge in [-0.3, -0.25) is 0 Å². The van der Waals surface area contributed by atoms with Crippen molar-refractivity contribution in [3.05, 3.63) is 23.8 Å². The lowest BCUT2D eigenvalue weighted by atomic mass is 9.87. The molecule has 3 aliphatic rings. The number of ether oxygens (including phenoxy) is 2. The van der Waals surface area contributed by atoms with Gasteiger partial charge in [-0.25, -0.2) is 9.10 Å². The van der Waals surface area contributed by atoms with Crippen molar-refractivity contribution >= 4 is 23.7 Å². The number of anilines is 1. The third kappa shape index (κ3) is 4.83. The van der Waals surface area contributed by atoms with Crippen LogP contribution in [0.5, 0.6) is 5.75 Å². The van der Waals surface area contributed by atoms with Crippen LogP contribution in [0.3, 0.4) is 0 Å². The van der Waals surface area contributed by atoms with Crippen LogP contribution in [0.25, 0.3) is 0 Å². The van der Waals surface area contributed by atoms with Crippen molar-refractivity contribution in [2.24, 2.45) is 5.41 Å². The summed E-state index contributed by atoms with van der Waals surface area (Å²) in [7, 11) is 0. The van der Waals surface area contributed by atoms with E-state index in [-0.39, 0.29) is 17.1 Å². The van der Waals surface area contributed by atoms with Gasteiger partial charge in [0.2, 0.25) is 0 Å². The molecule has 0 bridgehead atoms. The maximum Gasteiger partial charge on any atom is 0.409 e. The number of carbonyl (C=O) groups excluding carboxylic acids is 1. The number of carbonyl (C=O) groups is 1. The lowest BCUT2D eigenvalue weighted by molar-refractivity contribution is 0.00956. The summed E-state index contributed by atoms with van der Waals surface area (Å²) >= 11 is 1.83. The van der Waals surface area contributed by atoms with Gasteiger partial charge in [-0.2, -0.15) is 0 Å². The van der Waals surface area contributed by atoms with Crippen LogP contribution in [-0.4, -0.2) is 73.0 Å². The van der Waals surface area contributed by atoms with E-state index in [4.69, 9.17) is 9.47 Å². The lowest BCUT2D eigenvalue weighted by Crippen LogP contribution is -2.49. The topological polar surface area (TPSA) is 45.2 Å². The number of likely N-dealkylation sites (tertiary alicyclic amines) is 1. The van der Waals surface area contributed by atoms with Crippen molar-refractivity contribution in [3.63, 3.8) is 0 Å². The van der Waals surface area contributed by atoms with Gasteiger partial charge in [0.1, 0.15) is 11.4 Å². The van der Waals surface area contributed by atoms with Gasteiger partial charge in [0.15, 0.2) is 0 Å². The fourth-order valence-corrected chi connectivity index (χ4v) is 5.02. The highest BCUT2D eigenvalue weighted by Crippen LogP contribution is 2.42. The molecule has 0 unspecified atom stereocenters. The maximum absolute atomic E-state index is 12.4. The Morgan fingerprint density at radius 1 is 1.13 bits per heavy atom. The first kappa shape index (κ1) is 21.6. The second kappa shape index (κ2) is 8.50. The quantitative estimate of drug-likeness (QED) is 0.671. The van der Waals surface area contributed by atoms with E-state index < -0.39 is 0 Å². The molecule has 3 heterocycles. The average Bonchev–Trinajstić information content (AvgIpc) is 3.08. The molecule has 0 saturated carbocycles. The first-order valence-corrected chi connectivity index (χ1v) is 12.2. The highest BCUT2D eigenvalue weighted by atomic mass is 32.2. The number of benzene rings is 1. The van der Waals surface area contributed by atoms with E-state index in [2.05, 4.69) is 54.4 Å². The zero-order chi connectivity index (χ0) is 21.4. The van der Waals surface area contributed by atoms with Crippen LogP contribution in [0, 0.1) is 5.41 Å². The van der Waals surface area contributed by atoms with E-state index in [1.807, 2.05) is 16.8 Å². The third-order valence-electron chi connectivity index (χ3n) is 6.31. The minimum atomic E-state index is -0.193. The Morgan fingerprint density at radius 2 is 1.83 bits per heavy atom. The predicted molar refractivity (Wildman–Crippen MR) is 122 cm³/mol. The number of amides is 1. The van der Waals surface area contributed by atoms with Crippen molar-refractivity contribution < 1.29 is 14.3 Å². The van der Waals surface area contributed by atoms with Crippen LogP contribution < -0.4 is 9.64 Å². The summed E-state index contributed by atoms with van der Waals surface area (Å²) in [6.45, 7) is 12.4. The molecule has 0 atom stereocenters. The SMILES string of the molecule is CSN1CCN(c2ccc3c(c2)CC2(CCN(C(=O)OCC(C)(C)C)CC2)O3)CC1. The van der Waals surface area contributed by atoms with Crippen molar-refractivity contribution in [3.8, 4) is 5.75 Å². The van der Waals surface area contributed by atoms with Gasteiger partial charge in [-0.1, -0.05) is 32.7 Å². The van der Waals surface area contributed by atoms with Crippen LogP contribution in [0.4, 0.5) is 10.5 Å². The number of rotatable bonds is 3. The van der Waals surface area contributed by atoms with Gasteiger partial charge < -0.3 is 19.3 Å². The highest BCUT2D eigenvalue weighted by Gasteiger charge is 2.43. The number of fused-ring (bicyclic) bond motifs is 1. The Kier molecular flexibility index (Phi) is 6.13. The molecule has 0 N–H and O–H groups in total. The number of piperidine rings is 1. The Labute approximate surface area is 185 Å². The van der Waals surface area contributed by atoms with Gasteiger partial charge >= 0.3 is 6.09 Å². The van der Waals surface area contributed by atoms with Crippen LogP contribution in [-0.2, 0) is 11.2 Å². The number of hydrogen-bond donors (Lipinski definition) is 0. The fourth-order valence-electron chi connectivity index (χ4n) is 4.49. The minimum absolute atomic E-state index is 0.0113. The summed E-state index contributed by atoms with van der Waals surface area (Å²) < 4.78 is 14.4. The molecular formula is C23H35N3O3S. The van der Waals surface area contributed by atoms with E-state index in [9.17, 15) is 4.79 Å². The lowest BCUT2D eigenvalue weighted by Gasteiger charge is -2.38. The molecule has 1 amide bonds. The molecule has 1 spiro atoms. The van der Waals surface area contributed by atoms with E-state index in [1.165, 1.54) is 11.3 Å². The second-order valence-electron chi connectivity index (χ2n) is 9.95. The van der Waals surface area contributed by atoms with Crippen molar-refractivity contribution in [1.29, 1.82) is 0 Å². The molecule has 0 radical (unpaired) electrons. The first-order valence-electron chi connectivity index (χ1n) is 11.0. The van der Waals surface area contributed by atoms with Gasteiger partial charge in [-0.15, -0.1) is 0 Å². The number of hydrogen-bond acceptors (Lipinski definition) is 6. The number of nitrogens with zero attached hydrogens (tertiary/aromatic N) is 3. The highest BCUT2D eigenvalue weighted by molar-refractivity contribution is 7.96. The van der Waals surface area contributed by atoms with Gasteiger partial charge in [0, 0.05) is 69.8 Å². The molecule has 166 valence electrons. The maximum atomic E-state index is 12.4. The van der Waals surface area contributed by atoms with Crippen LogP contribution in [0.15, 0.2) is 18.2 Å². The molecule has 3 aliphatic heterocycles. The van der Waals surface area contributed by atoms with Gasteiger partial charge in [-0.05, 0) is 29.9 Å². The molecule has 4 rings (SSSR count). The number of piperazine rings is 1. The van der Waals surface area contributed by atoms with E-state index in [0.717, 1.165) is 51.2 Å². The summed E-state index contributed by atoms with van der Waals surface area (Å²) in [5.74, 6) is 1.02. The summed E-state index contributed by atoms with van der Waals surface area (Å²) in [5, 5.41) is 0. The van der Waals surface area contributed by atoms with E-state index in [0.29, 0.717) is 19.7 Å². The fraction of sp³-hybridized carbons (Fsp3) is 0.696. The smallest absolute Gasteiger partial charge is 0.409 e. The molecule has 6 nitrogen and oxygen atoms in total. The predicted octanol–water partition coefficient (Wildman–Crippen LogP) is 4.04. The second-order valence-corrected chi connectivity index (χ2v) is 10.8. The van der Waals surface area contributed by atoms with Gasteiger partial charge in [0.25, 0.3) is 0 Å². The summed E-state index contributed by atoms with van der Waals surface area (Å²) in [5.41, 5.74) is 2.43. The molecule has 0 aromatic heterocycles. The Balaban J connectivity index is 1.33. The molecular weight excluding hydrogens is 398 g/mol. The van der Waals surface area contributed by atoms with Crippen molar-refractivity contribution in [1.82, 2.24) is 9.21 Å². The summed E-state index contributed by atoms with van der Waals surface area (Å²) in [6.07, 6.45) is 4.60. The molecule has 2 saturated heterocycles. The van der Waals surface area contributed by atoms with Crippen molar-refractivity contribution in [2.75, 3.05) is 57.0 Å². The third-order valence-corrected chi connectivity index (χ3v) is 7.19. The molecule has 2 fully saturated rings. The first-order chi connectivity index (χ1) is 14.3. The van der Waals surface area contributed by atoms with E-state index >= 15 is 0 Å². The largest absolute Gasteiger partial charge is 0.487 e. The van der Waals surface area contributed by atoms with Crippen LogP contribution >= 0.6 is 11.9 Å². The minimum Gasteiger partial charge on any atom is -0.487 e. The molecule has 1 aromatic carbocycles. The van der Waals surface area contributed by atoms with Gasteiger partial charge in [0.05, 0.1) is 6.61 Å². The van der Waals surface area contributed by atoms with Crippen LogP contribution in [0.2, 0.25) is 0 Å². The Bertz CT molecular complexity index is 763. The van der Waals surface area contributed by atoms with E-state index in [1.54, 1.807) is 0 Å². The molecule has 7 heteroatoms. The average molecular weight is 434 g/mol. The molecule has 30 heavy (non-hydrogen) atoms. The normalized spacial score (nSPS) is 21.5. The Hall–Kier alpha value is -1.60. The zero-order valence-electron chi connectivity index (χ0n) is 18.8. The van der Waals surface area contributed by atoms with Crippen LogP contribution in [0.1, 0.15) is 39.2 Å². The summed E-state index contributed by atoms with van der Waals surface area (Å²) in [6, 6.07) is 6.67. The molecule has 1 aromatic rings. The monoisotopic (exact) mass is 433 g/mol. The Morgan fingerprint density at radius 3 is 2.47 bits per heavy atom. The van der Waals surface area contributed by atoms with Crippen molar-refractivity contribution in [2.45, 2.75) is 45.6 Å².